The minimum atomic E-state index is -0.00296. The van der Waals surface area contributed by atoms with Gasteiger partial charge in [0, 0.05) is 24.9 Å². The van der Waals surface area contributed by atoms with Gasteiger partial charge in [-0.3, -0.25) is 9.78 Å². The lowest BCUT2D eigenvalue weighted by Gasteiger charge is -2.05. The number of rotatable bonds is 5. The Balaban J connectivity index is 1.65. The van der Waals surface area contributed by atoms with Crippen molar-refractivity contribution in [3.05, 3.63) is 59.7 Å². The molecule has 2 N–H and O–H groups in total. The van der Waals surface area contributed by atoms with E-state index in [-0.39, 0.29) is 5.91 Å². The van der Waals surface area contributed by atoms with Gasteiger partial charge in [0.1, 0.15) is 5.82 Å². The number of pyridine rings is 1. The van der Waals surface area contributed by atoms with Gasteiger partial charge in [0.15, 0.2) is 0 Å². The number of hydrogen-bond acceptors (Lipinski definition) is 3. The van der Waals surface area contributed by atoms with E-state index in [0.29, 0.717) is 18.9 Å². The highest BCUT2D eigenvalue weighted by Gasteiger charge is 2.09. The van der Waals surface area contributed by atoms with Gasteiger partial charge in [-0.25, -0.2) is 4.98 Å². The Labute approximate surface area is 135 Å². The number of aromatic amines is 1. The Bertz CT molecular complexity index is 808. The monoisotopic (exact) mass is 308 g/mol. The van der Waals surface area contributed by atoms with Crippen molar-refractivity contribution >= 4 is 16.9 Å². The second-order valence-electron chi connectivity index (χ2n) is 5.94. The summed E-state index contributed by atoms with van der Waals surface area (Å²) in [7, 11) is 0. The van der Waals surface area contributed by atoms with E-state index in [4.69, 9.17) is 0 Å². The number of imidazole rings is 1. The van der Waals surface area contributed by atoms with Gasteiger partial charge in [0.25, 0.3) is 0 Å². The molecule has 2 aromatic heterocycles. The zero-order valence-electron chi connectivity index (χ0n) is 13.3. The Morgan fingerprint density at radius 3 is 2.87 bits per heavy atom. The van der Waals surface area contributed by atoms with Crippen molar-refractivity contribution in [1.82, 2.24) is 20.3 Å². The van der Waals surface area contributed by atoms with Crippen LogP contribution in [0.3, 0.4) is 0 Å². The van der Waals surface area contributed by atoms with E-state index < -0.39 is 0 Å². The summed E-state index contributed by atoms with van der Waals surface area (Å²) in [5.41, 5.74) is 3.88. The third-order valence-electron chi connectivity index (χ3n) is 3.69. The van der Waals surface area contributed by atoms with Crippen LogP contribution in [0.2, 0.25) is 0 Å². The van der Waals surface area contributed by atoms with Crippen molar-refractivity contribution in [2.24, 2.45) is 0 Å². The lowest BCUT2D eigenvalue weighted by atomic mass is 10.1. The summed E-state index contributed by atoms with van der Waals surface area (Å²) < 4.78 is 0. The summed E-state index contributed by atoms with van der Waals surface area (Å²) in [5.74, 6) is 1.32. The first-order chi connectivity index (χ1) is 11.1. The number of amides is 1. The van der Waals surface area contributed by atoms with Crippen LogP contribution in [0.1, 0.15) is 36.7 Å². The van der Waals surface area contributed by atoms with E-state index in [9.17, 15) is 4.79 Å². The van der Waals surface area contributed by atoms with E-state index in [0.717, 1.165) is 28.0 Å². The molecule has 0 unspecified atom stereocenters. The second kappa shape index (κ2) is 6.60. The Morgan fingerprint density at radius 2 is 2.13 bits per heavy atom. The van der Waals surface area contributed by atoms with Crippen LogP contribution in [0.15, 0.2) is 42.7 Å². The summed E-state index contributed by atoms with van der Waals surface area (Å²) in [6.45, 7) is 4.70. The van der Waals surface area contributed by atoms with Crippen LogP contribution >= 0.6 is 0 Å². The van der Waals surface area contributed by atoms with Crippen molar-refractivity contribution < 1.29 is 4.79 Å². The normalized spacial score (nSPS) is 11.1. The van der Waals surface area contributed by atoms with Gasteiger partial charge in [-0.15, -0.1) is 0 Å². The van der Waals surface area contributed by atoms with Gasteiger partial charge >= 0.3 is 0 Å². The first-order valence-electron chi connectivity index (χ1n) is 7.76. The molecule has 5 heteroatoms. The van der Waals surface area contributed by atoms with Crippen molar-refractivity contribution in [2.45, 2.75) is 32.7 Å². The SMILES string of the molecule is CC(C)c1nc2ccc(CC(=O)NCc3cccnc3)cc2[nH]1. The van der Waals surface area contributed by atoms with Crippen LogP contribution < -0.4 is 5.32 Å². The molecule has 23 heavy (non-hydrogen) atoms. The third kappa shape index (κ3) is 3.74. The van der Waals surface area contributed by atoms with Gasteiger partial charge in [-0.05, 0) is 29.3 Å². The molecule has 0 radical (unpaired) electrons. The number of hydrogen-bond donors (Lipinski definition) is 2. The molecule has 0 bridgehead atoms. The molecular formula is C18H20N4O. The largest absolute Gasteiger partial charge is 0.352 e. The van der Waals surface area contributed by atoms with Crippen LogP contribution in [0.5, 0.6) is 0 Å². The van der Waals surface area contributed by atoms with Crippen LogP contribution in [-0.4, -0.2) is 20.9 Å². The van der Waals surface area contributed by atoms with Crippen molar-refractivity contribution in [3.63, 3.8) is 0 Å². The molecule has 0 fully saturated rings. The molecular weight excluding hydrogens is 288 g/mol. The average molecular weight is 308 g/mol. The maximum absolute atomic E-state index is 12.1. The highest BCUT2D eigenvalue weighted by atomic mass is 16.1. The molecule has 0 aliphatic heterocycles. The summed E-state index contributed by atoms with van der Waals surface area (Å²) in [5, 5.41) is 2.91. The number of H-pyrrole nitrogens is 1. The van der Waals surface area contributed by atoms with E-state index in [2.05, 4.69) is 34.1 Å². The smallest absolute Gasteiger partial charge is 0.224 e. The van der Waals surface area contributed by atoms with Gasteiger partial charge < -0.3 is 10.3 Å². The molecule has 118 valence electrons. The van der Waals surface area contributed by atoms with Gasteiger partial charge in [-0.1, -0.05) is 26.0 Å². The lowest BCUT2D eigenvalue weighted by Crippen LogP contribution is -2.24. The fraction of sp³-hybridized carbons (Fsp3) is 0.278. The number of carbonyl (C=O) groups is 1. The Hall–Kier alpha value is -2.69. The van der Waals surface area contributed by atoms with Gasteiger partial charge in [0.05, 0.1) is 17.5 Å². The standard InChI is InChI=1S/C18H20N4O/c1-12(2)18-21-15-6-5-13(8-16(15)22-18)9-17(23)20-11-14-4-3-7-19-10-14/h3-8,10,12H,9,11H2,1-2H3,(H,20,23)(H,21,22). The number of carbonyl (C=O) groups excluding carboxylic acids is 1. The molecule has 5 nitrogen and oxygen atoms in total. The highest BCUT2D eigenvalue weighted by Crippen LogP contribution is 2.18. The Morgan fingerprint density at radius 1 is 1.26 bits per heavy atom. The predicted molar refractivity (Wildman–Crippen MR) is 90.0 cm³/mol. The molecule has 0 atom stereocenters. The summed E-state index contributed by atoms with van der Waals surface area (Å²) in [6, 6.07) is 9.72. The highest BCUT2D eigenvalue weighted by molar-refractivity contribution is 5.81. The number of aromatic nitrogens is 3. The first-order valence-corrected chi connectivity index (χ1v) is 7.76. The number of fused-ring (bicyclic) bond motifs is 1. The fourth-order valence-electron chi connectivity index (χ4n) is 2.41. The molecule has 0 saturated heterocycles. The van der Waals surface area contributed by atoms with E-state index >= 15 is 0 Å². The molecule has 3 aromatic rings. The quantitative estimate of drug-likeness (QED) is 0.761. The minimum Gasteiger partial charge on any atom is -0.352 e. The summed E-state index contributed by atoms with van der Waals surface area (Å²) in [6.07, 6.45) is 3.83. The molecule has 1 aromatic carbocycles. The number of benzene rings is 1. The topological polar surface area (TPSA) is 70.7 Å². The maximum atomic E-state index is 12.1. The number of nitrogens with one attached hydrogen (secondary N) is 2. The third-order valence-corrected chi connectivity index (χ3v) is 3.69. The number of nitrogens with zero attached hydrogens (tertiary/aromatic N) is 2. The van der Waals surface area contributed by atoms with Gasteiger partial charge in [0.2, 0.25) is 5.91 Å². The van der Waals surface area contributed by atoms with Crippen molar-refractivity contribution in [1.29, 1.82) is 0 Å². The molecule has 1 amide bonds. The van der Waals surface area contributed by atoms with Crippen molar-refractivity contribution in [2.75, 3.05) is 0 Å². The van der Waals surface area contributed by atoms with Crippen LogP contribution in [0, 0.1) is 0 Å². The molecule has 2 heterocycles. The first kappa shape index (κ1) is 15.2. The van der Waals surface area contributed by atoms with Crippen LogP contribution in [0.4, 0.5) is 0 Å². The van der Waals surface area contributed by atoms with E-state index in [1.54, 1.807) is 12.4 Å². The predicted octanol–water partition coefficient (Wildman–Crippen LogP) is 2.94. The maximum Gasteiger partial charge on any atom is 0.224 e. The summed E-state index contributed by atoms with van der Waals surface area (Å²) in [4.78, 5) is 24.0. The van der Waals surface area contributed by atoms with E-state index in [1.165, 1.54) is 0 Å². The van der Waals surface area contributed by atoms with Gasteiger partial charge in [-0.2, -0.15) is 0 Å². The zero-order valence-corrected chi connectivity index (χ0v) is 13.3. The molecule has 0 aliphatic carbocycles. The van der Waals surface area contributed by atoms with Crippen LogP contribution in [-0.2, 0) is 17.8 Å². The molecule has 0 spiro atoms. The molecule has 0 aliphatic rings. The Kier molecular flexibility index (Phi) is 4.37. The minimum absolute atomic E-state index is 0.00296. The van der Waals surface area contributed by atoms with E-state index in [1.807, 2.05) is 30.3 Å². The molecule has 3 rings (SSSR count). The van der Waals surface area contributed by atoms with Crippen LogP contribution in [0.25, 0.3) is 11.0 Å². The van der Waals surface area contributed by atoms with Crippen molar-refractivity contribution in [3.8, 4) is 0 Å². The fourth-order valence-corrected chi connectivity index (χ4v) is 2.41. The average Bonchev–Trinajstić information content (AvgIpc) is 2.97. The zero-order chi connectivity index (χ0) is 16.2. The molecule has 0 saturated carbocycles. The second-order valence-corrected chi connectivity index (χ2v) is 5.94. The lowest BCUT2D eigenvalue weighted by molar-refractivity contribution is -0.120. The summed E-state index contributed by atoms with van der Waals surface area (Å²) >= 11 is 0.